The summed E-state index contributed by atoms with van der Waals surface area (Å²) in [4.78, 5) is 17.0. The Labute approximate surface area is 94.9 Å². The maximum absolute atomic E-state index is 11.5. The van der Waals surface area contributed by atoms with E-state index >= 15 is 0 Å². The number of nitrogens with zero attached hydrogens (tertiary/aromatic N) is 2. The Hall–Kier alpha value is -1.46. The van der Waals surface area contributed by atoms with E-state index in [1.807, 2.05) is 12.1 Å². The second kappa shape index (κ2) is 6.19. The van der Waals surface area contributed by atoms with Crippen LogP contribution in [0.4, 0.5) is 0 Å². The van der Waals surface area contributed by atoms with Crippen LogP contribution in [0.5, 0.6) is 0 Å². The number of hydrogen-bond acceptors (Lipinski definition) is 4. The first-order valence-corrected chi connectivity index (χ1v) is 5.15. The van der Waals surface area contributed by atoms with Crippen molar-refractivity contribution in [3.63, 3.8) is 0 Å². The highest BCUT2D eigenvalue weighted by Gasteiger charge is 2.16. The molecule has 1 aromatic heterocycles. The van der Waals surface area contributed by atoms with Crippen LogP contribution in [0.2, 0.25) is 0 Å². The minimum Gasteiger partial charge on any atom is -0.394 e. The minimum atomic E-state index is -0.820. The van der Waals surface area contributed by atoms with Crippen LogP contribution in [-0.2, 0) is 11.2 Å². The van der Waals surface area contributed by atoms with Gasteiger partial charge >= 0.3 is 0 Å². The molecule has 1 heterocycles. The molecule has 1 aromatic rings. The topological polar surface area (TPSA) is 79.5 Å². The average Bonchev–Trinajstić information content (AvgIpc) is 2.35. The van der Waals surface area contributed by atoms with E-state index in [2.05, 4.69) is 4.98 Å². The van der Waals surface area contributed by atoms with Crippen LogP contribution in [0.25, 0.3) is 0 Å². The highest BCUT2D eigenvalue weighted by Crippen LogP contribution is 1.99. The summed E-state index contributed by atoms with van der Waals surface area (Å²) < 4.78 is 0. The third-order valence-electron chi connectivity index (χ3n) is 2.35. The third kappa shape index (κ3) is 3.60. The van der Waals surface area contributed by atoms with Crippen molar-refractivity contribution in [3.05, 3.63) is 30.1 Å². The summed E-state index contributed by atoms with van der Waals surface area (Å²) in [6, 6.07) is 2.99. The number of aliphatic hydroxyl groups is 1. The molecule has 0 spiro atoms. The molecule has 1 amide bonds. The maximum atomic E-state index is 11.5. The van der Waals surface area contributed by atoms with Crippen LogP contribution in [0.1, 0.15) is 5.56 Å². The largest absolute Gasteiger partial charge is 0.394 e. The molecule has 88 valence electrons. The lowest BCUT2D eigenvalue weighted by Crippen LogP contribution is -2.44. The quantitative estimate of drug-likeness (QED) is 0.698. The lowest BCUT2D eigenvalue weighted by molar-refractivity contribution is -0.132. The molecular formula is C11H17N3O2. The summed E-state index contributed by atoms with van der Waals surface area (Å²) in [6.07, 6.45) is 4.21. The van der Waals surface area contributed by atoms with Crippen molar-refractivity contribution in [2.75, 3.05) is 20.2 Å². The minimum absolute atomic E-state index is 0.244. The highest BCUT2D eigenvalue weighted by atomic mass is 16.3. The Balaban J connectivity index is 2.41. The highest BCUT2D eigenvalue weighted by molar-refractivity contribution is 5.81. The first kappa shape index (κ1) is 12.6. The van der Waals surface area contributed by atoms with Crippen molar-refractivity contribution in [1.82, 2.24) is 9.88 Å². The molecule has 0 fully saturated rings. The smallest absolute Gasteiger partial charge is 0.241 e. The Morgan fingerprint density at radius 1 is 1.69 bits per heavy atom. The number of aromatic nitrogens is 1. The van der Waals surface area contributed by atoms with Crippen LogP contribution < -0.4 is 5.73 Å². The van der Waals surface area contributed by atoms with Gasteiger partial charge in [-0.2, -0.15) is 0 Å². The zero-order valence-corrected chi connectivity index (χ0v) is 9.34. The lowest BCUT2D eigenvalue weighted by Gasteiger charge is -2.20. The molecule has 1 atom stereocenters. The molecule has 0 bridgehead atoms. The Morgan fingerprint density at radius 3 is 3.00 bits per heavy atom. The molecule has 0 aliphatic rings. The van der Waals surface area contributed by atoms with Gasteiger partial charge in [-0.15, -0.1) is 0 Å². The van der Waals surface area contributed by atoms with Gasteiger partial charge in [0.05, 0.1) is 6.61 Å². The third-order valence-corrected chi connectivity index (χ3v) is 2.35. The Kier molecular flexibility index (Phi) is 4.88. The molecule has 0 aliphatic heterocycles. The maximum Gasteiger partial charge on any atom is 0.241 e. The van der Waals surface area contributed by atoms with Crippen LogP contribution in [0.15, 0.2) is 24.5 Å². The number of likely N-dealkylation sites (N-methyl/N-ethyl adjacent to an activating group) is 1. The molecule has 1 unspecified atom stereocenters. The van der Waals surface area contributed by atoms with Gasteiger partial charge in [0.15, 0.2) is 0 Å². The van der Waals surface area contributed by atoms with Crippen LogP contribution in [0.3, 0.4) is 0 Å². The van der Waals surface area contributed by atoms with Crippen molar-refractivity contribution in [2.45, 2.75) is 12.5 Å². The van der Waals surface area contributed by atoms with Gasteiger partial charge < -0.3 is 15.7 Å². The second-order valence-electron chi connectivity index (χ2n) is 3.66. The fraction of sp³-hybridized carbons (Fsp3) is 0.455. The van der Waals surface area contributed by atoms with Crippen LogP contribution >= 0.6 is 0 Å². The molecule has 5 nitrogen and oxygen atoms in total. The molecule has 0 aromatic carbocycles. The lowest BCUT2D eigenvalue weighted by atomic mass is 10.2. The number of aliphatic hydroxyl groups excluding tert-OH is 1. The van der Waals surface area contributed by atoms with E-state index in [-0.39, 0.29) is 12.5 Å². The van der Waals surface area contributed by atoms with Gasteiger partial charge in [0, 0.05) is 26.0 Å². The van der Waals surface area contributed by atoms with Crippen molar-refractivity contribution < 1.29 is 9.90 Å². The number of hydrogen-bond donors (Lipinski definition) is 2. The summed E-state index contributed by atoms with van der Waals surface area (Å²) in [7, 11) is 1.67. The van der Waals surface area contributed by atoms with E-state index < -0.39 is 6.04 Å². The molecule has 0 aliphatic carbocycles. The van der Waals surface area contributed by atoms with Gasteiger partial charge in [0.1, 0.15) is 6.04 Å². The number of carbonyl (C=O) groups is 1. The summed E-state index contributed by atoms with van der Waals surface area (Å²) in [5, 5.41) is 8.76. The molecule has 16 heavy (non-hydrogen) atoms. The zero-order chi connectivity index (χ0) is 12.0. The first-order valence-electron chi connectivity index (χ1n) is 5.15. The van der Waals surface area contributed by atoms with Gasteiger partial charge in [0.2, 0.25) is 5.91 Å². The van der Waals surface area contributed by atoms with E-state index in [0.29, 0.717) is 6.54 Å². The van der Waals surface area contributed by atoms with Gasteiger partial charge in [-0.1, -0.05) is 6.07 Å². The number of pyridine rings is 1. The van der Waals surface area contributed by atoms with Gasteiger partial charge in [-0.25, -0.2) is 0 Å². The van der Waals surface area contributed by atoms with Crippen molar-refractivity contribution >= 4 is 5.91 Å². The van der Waals surface area contributed by atoms with Gasteiger partial charge in [-0.3, -0.25) is 9.78 Å². The first-order chi connectivity index (χ1) is 7.65. The van der Waals surface area contributed by atoms with Crippen LogP contribution in [0, 0.1) is 0 Å². The summed E-state index contributed by atoms with van der Waals surface area (Å²) >= 11 is 0. The Bertz CT molecular complexity index is 329. The summed E-state index contributed by atoms with van der Waals surface area (Å²) in [5.74, 6) is -0.244. The van der Waals surface area contributed by atoms with Crippen molar-refractivity contribution in [3.8, 4) is 0 Å². The van der Waals surface area contributed by atoms with Crippen molar-refractivity contribution in [1.29, 1.82) is 0 Å². The SMILES string of the molecule is CN(CCc1cccnc1)C(=O)C(N)CO. The predicted octanol–water partition coefficient (Wildman–Crippen LogP) is -0.598. The van der Waals surface area contributed by atoms with E-state index in [4.69, 9.17) is 10.8 Å². The monoisotopic (exact) mass is 223 g/mol. The summed E-state index contributed by atoms with van der Waals surface area (Å²) in [6.45, 7) is 0.244. The Morgan fingerprint density at radius 2 is 2.44 bits per heavy atom. The molecule has 0 saturated carbocycles. The number of nitrogens with two attached hydrogens (primary N) is 1. The number of amides is 1. The molecule has 5 heteroatoms. The predicted molar refractivity (Wildman–Crippen MR) is 60.6 cm³/mol. The van der Waals surface area contributed by atoms with Crippen molar-refractivity contribution in [2.24, 2.45) is 5.73 Å². The summed E-state index contributed by atoms with van der Waals surface area (Å²) in [5.41, 5.74) is 6.50. The molecule has 0 saturated heterocycles. The number of carbonyl (C=O) groups excluding carboxylic acids is 1. The van der Waals surface area contributed by atoms with E-state index in [1.54, 1.807) is 19.4 Å². The molecular weight excluding hydrogens is 206 g/mol. The second-order valence-corrected chi connectivity index (χ2v) is 3.66. The average molecular weight is 223 g/mol. The normalized spacial score (nSPS) is 12.2. The van der Waals surface area contributed by atoms with E-state index in [9.17, 15) is 4.79 Å². The zero-order valence-electron chi connectivity index (χ0n) is 9.34. The number of rotatable bonds is 5. The molecule has 1 rings (SSSR count). The fourth-order valence-electron chi connectivity index (χ4n) is 1.31. The van der Waals surface area contributed by atoms with Gasteiger partial charge in [-0.05, 0) is 18.1 Å². The fourth-order valence-corrected chi connectivity index (χ4v) is 1.31. The standard InChI is InChI=1S/C11H17N3O2/c1-14(11(16)10(12)8-15)6-4-9-3-2-5-13-7-9/h2-3,5,7,10,15H,4,6,8,12H2,1H3. The van der Waals surface area contributed by atoms with E-state index in [1.165, 1.54) is 4.90 Å². The van der Waals surface area contributed by atoms with Crippen LogP contribution in [-0.4, -0.2) is 47.1 Å². The molecule has 0 radical (unpaired) electrons. The molecule has 3 N–H and O–H groups in total. The van der Waals surface area contributed by atoms with Gasteiger partial charge in [0.25, 0.3) is 0 Å². The van der Waals surface area contributed by atoms with E-state index in [0.717, 1.165) is 12.0 Å².